The molecule has 9 heteroatoms. The summed E-state index contributed by atoms with van der Waals surface area (Å²) in [6, 6.07) is 9.05. The van der Waals surface area contributed by atoms with Crippen LogP contribution in [0, 0.1) is 5.41 Å². The Morgan fingerprint density at radius 1 is 1.12 bits per heavy atom. The highest BCUT2D eigenvalue weighted by Crippen LogP contribution is 2.28. The second-order valence-electron chi connectivity index (χ2n) is 6.57. The van der Waals surface area contributed by atoms with Gasteiger partial charge in [0.25, 0.3) is 15.9 Å². The monoisotopic (exact) mass is 414 g/mol. The van der Waals surface area contributed by atoms with Gasteiger partial charge in [0, 0.05) is 5.41 Å². The van der Waals surface area contributed by atoms with Crippen molar-refractivity contribution in [1.82, 2.24) is 5.32 Å². The van der Waals surface area contributed by atoms with Crippen molar-refractivity contribution in [3.8, 4) is 0 Å². The lowest BCUT2D eigenvalue weighted by atomic mass is 9.91. The van der Waals surface area contributed by atoms with Gasteiger partial charge in [-0.25, -0.2) is 8.42 Å². The molecule has 0 aliphatic rings. The fourth-order valence-corrected chi connectivity index (χ4v) is 4.49. The Kier molecular flexibility index (Phi) is 6.10. The van der Waals surface area contributed by atoms with Gasteiger partial charge >= 0.3 is 0 Å². The van der Waals surface area contributed by atoms with E-state index >= 15 is 0 Å². The predicted octanol–water partition coefficient (Wildman–Crippen LogP) is 3.55. The third-order valence-corrected chi connectivity index (χ3v) is 6.56. The van der Waals surface area contributed by atoms with Crippen LogP contribution in [0.15, 0.2) is 40.6 Å². The summed E-state index contributed by atoms with van der Waals surface area (Å²) in [6.45, 7) is 5.14. The second kappa shape index (κ2) is 7.77. The predicted molar refractivity (Wildman–Crippen MR) is 103 cm³/mol. The first-order chi connectivity index (χ1) is 12.0. The lowest BCUT2D eigenvalue weighted by Gasteiger charge is -2.17. The zero-order valence-electron chi connectivity index (χ0n) is 14.5. The Morgan fingerprint density at radius 2 is 1.77 bits per heavy atom. The Balaban J connectivity index is 2.20. The molecular weight excluding hydrogens is 396 g/mol. The SMILES string of the molecule is CC(C)(C)C(=O)CNC(=O)c1ccccc1NS(=O)(=O)c1ccc(Cl)s1. The molecule has 2 aromatic rings. The number of halogens is 1. The summed E-state index contributed by atoms with van der Waals surface area (Å²) in [5.74, 6) is -0.665. The van der Waals surface area contributed by atoms with E-state index in [-0.39, 0.29) is 27.8 Å². The molecule has 0 bridgehead atoms. The van der Waals surface area contributed by atoms with Gasteiger partial charge in [-0.1, -0.05) is 44.5 Å². The fourth-order valence-electron chi connectivity index (χ4n) is 1.93. The maximum absolute atomic E-state index is 12.4. The van der Waals surface area contributed by atoms with Gasteiger partial charge in [0.05, 0.1) is 22.1 Å². The highest BCUT2D eigenvalue weighted by Gasteiger charge is 2.23. The average Bonchev–Trinajstić information content (AvgIpc) is 2.99. The van der Waals surface area contributed by atoms with E-state index in [1.54, 1.807) is 32.9 Å². The molecule has 26 heavy (non-hydrogen) atoms. The molecule has 1 aromatic heterocycles. The van der Waals surface area contributed by atoms with E-state index in [2.05, 4.69) is 10.0 Å². The molecule has 1 heterocycles. The molecule has 0 aliphatic carbocycles. The molecule has 0 unspecified atom stereocenters. The molecule has 0 atom stereocenters. The summed E-state index contributed by atoms with van der Waals surface area (Å²) in [7, 11) is -3.87. The van der Waals surface area contributed by atoms with Crippen molar-refractivity contribution in [2.75, 3.05) is 11.3 Å². The molecule has 6 nitrogen and oxygen atoms in total. The van der Waals surface area contributed by atoms with E-state index in [1.165, 1.54) is 24.3 Å². The quantitative estimate of drug-likeness (QED) is 0.756. The van der Waals surface area contributed by atoms with E-state index in [1.807, 2.05) is 0 Å². The number of thiophene rings is 1. The third kappa shape index (κ3) is 5.06. The highest BCUT2D eigenvalue weighted by atomic mass is 35.5. The fraction of sp³-hybridized carbons (Fsp3) is 0.294. The van der Waals surface area contributed by atoms with E-state index in [0.29, 0.717) is 4.34 Å². The first kappa shape index (κ1) is 20.4. The molecule has 2 rings (SSSR count). The maximum atomic E-state index is 12.4. The number of hydrogen-bond donors (Lipinski definition) is 2. The number of nitrogens with one attached hydrogen (secondary N) is 2. The molecular formula is C17H19ClN2O4S2. The number of ketones is 1. The van der Waals surface area contributed by atoms with Gasteiger partial charge in [0.1, 0.15) is 4.21 Å². The lowest BCUT2D eigenvalue weighted by Crippen LogP contribution is -2.35. The van der Waals surface area contributed by atoms with Crippen molar-refractivity contribution in [3.05, 3.63) is 46.3 Å². The molecule has 140 valence electrons. The number of anilines is 1. The zero-order valence-corrected chi connectivity index (χ0v) is 16.9. The molecule has 1 amide bonds. The van der Waals surface area contributed by atoms with Gasteiger partial charge in [-0.05, 0) is 24.3 Å². The summed E-state index contributed by atoms with van der Waals surface area (Å²) in [6.07, 6.45) is 0. The van der Waals surface area contributed by atoms with Gasteiger partial charge < -0.3 is 5.32 Å². The number of rotatable bonds is 6. The molecule has 0 aliphatic heterocycles. The number of sulfonamides is 1. The van der Waals surface area contributed by atoms with Crippen molar-refractivity contribution in [2.45, 2.75) is 25.0 Å². The van der Waals surface area contributed by atoms with Gasteiger partial charge in [-0.2, -0.15) is 0 Å². The normalized spacial score (nSPS) is 11.8. The van der Waals surface area contributed by atoms with Crippen molar-refractivity contribution in [2.24, 2.45) is 5.41 Å². The largest absolute Gasteiger partial charge is 0.345 e. The minimum absolute atomic E-state index is 0.0422. The number of benzene rings is 1. The van der Waals surface area contributed by atoms with Crippen LogP contribution in [0.25, 0.3) is 0 Å². The zero-order chi connectivity index (χ0) is 19.5. The van der Waals surface area contributed by atoms with Crippen molar-refractivity contribution < 1.29 is 18.0 Å². The first-order valence-corrected chi connectivity index (χ1v) is 10.4. The Morgan fingerprint density at radius 3 is 2.35 bits per heavy atom. The number of amides is 1. The summed E-state index contributed by atoms with van der Waals surface area (Å²) in [5, 5.41) is 2.53. The number of carbonyl (C=O) groups excluding carboxylic acids is 2. The van der Waals surface area contributed by atoms with Crippen LogP contribution in [0.5, 0.6) is 0 Å². The van der Waals surface area contributed by atoms with E-state index in [0.717, 1.165) is 11.3 Å². The Labute approximate surface area is 161 Å². The summed E-state index contributed by atoms with van der Waals surface area (Å²) in [5.41, 5.74) is -0.328. The topological polar surface area (TPSA) is 92.3 Å². The number of carbonyl (C=O) groups is 2. The molecule has 0 spiro atoms. The van der Waals surface area contributed by atoms with Crippen LogP contribution in [0.2, 0.25) is 4.34 Å². The van der Waals surface area contributed by atoms with E-state index in [9.17, 15) is 18.0 Å². The lowest BCUT2D eigenvalue weighted by molar-refractivity contribution is -0.125. The van der Waals surface area contributed by atoms with Gasteiger partial charge in [-0.15, -0.1) is 11.3 Å². The van der Waals surface area contributed by atoms with Gasteiger partial charge in [0.15, 0.2) is 5.78 Å². The molecule has 0 radical (unpaired) electrons. The van der Waals surface area contributed by atoms with E-state index in [4.69, 9.17) is 11.6 Å². The average molecular weight is 415 g/mol. The van der Waals surface area contributed by atoms with Crippen LogP contribution < -0.4 is 10.0 Å². The number of hydrogen-bond acceptors (Lipinski definition) is 5. The maximum Gasteiger partial charge on any atom is 0.271 e. The minimum Gasteiger partial charge on any atom is -0.345 e. The second-order valence-corrected chi connectivity index (χ2v) is 10.2. The van der Waals surface area contributed by atoms with Crippen molar-refractivity contribution in [3.63, 3.8) is 0 Å². The Bertz CT molecular complexity index is 930. The van der Waals surface area contributed by atoms with E-state index < -0.39 is 21.3 Å². The van der Waals surface area contributed by atoms with Crippen molar-refractivity contribution in [1.29, 1.82) is 0 Å². The van der Waals surface area contributed by atoms with Crippen LogP contribution in [-0.4, -0.2) is 26.7 Å². The van der Waals surface area contributed by atoms with Crippen LogP contribution in [0.1, 0.15) is 31.1 Å². The minimum atomic E-state index is -3.87. The standard InChI is InChI=1S/C17H19ClN2O4S2/c1-17(2,3)13(21)10-19-16(22)11-6-4-5-7-12(11)20-26(23,24)15-9-8-14(18)25-15/h4-9,20H,10H2,1-3H3,(H,19,22). The molecule has 0 fully saturated rings. The van der Waals surface area contributed by atoms with Crippen LogP contribution >= 0.6 is 22.9 Å². The highest BCUT2D eigenvalue weighted by molar-refractivity contribution is 7.94. The van der Waals surface area contributed by atoms with Gasteiger partial charge in [0.2, 0.25) is 0 Å². The molecule has 2 N–H and O–H groups in total. The molecule has 0 saturated carbocycles. The molecule has 1 aromatic carbocycles. The smallest absolute Gasteiger partial charge is 0.271 e. The van der Waals surface area contributed by atoms with Crippen LogP contribution in [0.4, 0.5) is 5.69 Å². The van der Waals surface area contributed by atoms with Crippen LogP contribution in [-0.2, 0) is 14.8 Å². The number of para-hydroxylation sites is 1. The molecule has 0 saturated heterocycles. The van der Waals surface area contributed by atoms with Crippen molar-refractivity contribution >= 4 is 50.3 Å². The summed E-state index contributed by atoms with van der Waals surface area (Å²) >= 11 is 6.70. The summed E-state index contributed by atoms with van der Waals surface area (Å²) in [4.78, 5) is 24.4. The first-order valence-electron chi connectivity index (χ1n) is 7.69. The number of Topliss-reactive ketones (excluding diaryl/α,β-unsaturated/α-hetero) is 1. The van der Waals surface area contributed by atoms with Crippen LogP contribution in [0.3, 0.4) is 0 Å². The Hall–Kier alpha value is -1.90. The summed E-state index contributed by atoms with van der Waals surface area (Å²) < 4.78 is 27.7. The van der Waals surface area contributed by atoms with Gasteiger partial charge in [-0.3, -0.25) is 14.3 Å². The third-order valence-electron chi connectivity index (χ3n) is 3.48.